The van der Waals surface area contributed by atoms with Crippen molar-refractivity contribution in [3.63, 3.8) is 0 Å². The summed E-state index contributed by atoms with van der Waals surface area (Å²) in [5.41, 5.74) is 6.33. The first-order valence-corrected chi connectivity index (χ1v) is 8.47. The molecule has 0 aliphatic heterocycles. The molecule has 1 aliphatic rings. The van der Waals surface area contributed by atoms with Crippen molar-refractivity contribution < 1.29 is 9.32 Å². The molecule has 1 amide bonds. The van der Waals surface area contributed by atoms with Crippen LogP contribution in [0.1, 0.15) is 32.1 Å². The van der Waals surface area contributed by atoms with Crippen molar-refractivity contribution in [3.8, 4) is 11.4 Å². The molecule has 0 spiro atoms. The standard InChI is InChI=1S/C17H21ClN4O2.ClH/c1-17(10-19,12-4-5-12)21-14(23)8-9-15-20-16(22-24-15)11-2-6-13(18)7-3-11;/h2-3,6-7,12H,4-5,8-10,19H2,1H3,(H,21,23);1H. The first-order valence-electron chi connectivity index (χ1n) is 8.10. The second-order valence-corrected chi connectivity index (χ2v) is 6.90. The zero-order valence-corrected chi connectivity index (χ0v) is 15.6. The third kappa shape index (κ3) is 4.93. The number of hydrogen-bond acceptors (Lipinski definition) is 5. The highest BCUT2D eigenvalue weighted by molar-refractivity contribution is 6.30. The number of aryl methyl sites for hydroxylation is 1. The molecule has 0 bridgehead atoms. The summed E-state index contributed by atoms with van der Waals surface area (Å²) < 4.78 is 5.22. The summed E-state index contributed by atoms with van der Waals surface area (Å²) in [5.74, 6) is 1.38. The third-order valence-corrected chi connectivity index (χ3v) is 4.72. The van der Waals surface area contributed by atoms with E-state index in [0.29, 0.717) is 42.0 Å². The third-order valence-electron chi connectivity index (χ3n) is 4.46. The van der Waals surface area contributed by atoms with Crippen molar-refractivity contribution in [2.75, 3.05) is 6.54 Å². The molecule has 0 radical (unpaired) electrons. The molecule has 1 aliphatic carbocycles. The van der Waals surface area contributed by atoms with Crippen molar-refractivity contribution in [2.45, 2.75) is 38.1 Å². The van der Waals surface area contributed by atoms with Gasteiger partial charge in [-0.1, -0.05) is 16.8 Å². The predicted octanol–water partition coefficient (Wildman–Crippen LogP) is 2.99. The summed E-state index contributed by atoms with van der Waals surface area (Å²) >= 11 is 5.86. The van der Waals surface area contributed by atoms with E-state index in [1.54, 1.807) is 12.1 Å². The Morgan fingerprint density at radius 1 is 1.40 bits per heavy atom. The average Bonchev–Trinajstić information content (AvgIpc) is 3.33. The SMILES string of the molecule is CC(CN)(NC(=O)CCc1nc(-c2ccc(Cl)cc2)no1)C1CC1.Cl. The fourth-order valence-corrected chi connectivity index (χ4v) is 2.84. The van der Waals surface area contributed by atoms with Gasteiger partial charge in [0.2, 0.25) is 17.6 Å². The van der Waals surface area contributed by atoms with Crippen LogP contribution in [0.5, 0.6) is 0 Å². The molecule has 25 heavy (non-hydrogen) atoms. The molecule has 2 aromatic rings. The first-order chi connectivity index (χ1) is 11.5. The molecule has 6 nitrogen and oxygen atoms in total. The molecule has 1 fully saturated rings. The second kappa shape index (κ2) is 8.17. The molecule has 3 rings (SSSR count). The lowest BCUT2D eigenvalue weighted by molar-refractivity contribution is -0.123. The summed E-state index contributed by atoms with van der Waals surface area (Å²) in [4.78, 5) is 16.5. The Kier molecular flexibility index (Phi) is 6.43. The first kappa shape index (κ1) is 19.7. The Morgan fingerprint density at radius 3 is 2.68 bits per heavy atom. The van der Waals surface area contributed by atoms with E-state index >= 15 is 0 Å². The minimum atomic E-state index is -0.305. The van der Waals surface area contributed by atoms with E-state index in [2.05, 4.69) is 15.5 Å². The predicted molar refractivity (Wildman–Crippen MR) is 98.6 cm³/mol. The smallest absolute Gasteiger partial charge is 0.227 e. The van der Waals surface area contributed by atoms with Crippen LogP contribution < -0.4 is 11.1 Å². The van der Waals surface area contributed by atoms with Crippen LogP contribution in [0.2, 0.25) is 5.02 Å². The van der Waals surface area contributed by atoms with Crippen LogP contribution in [-0.4, -0.2) is 28.1 Å². The van der Waals surface area contributed by atoms with E-state index in [0.717, 1.165) is 18.4 Å². The van der Waals surface area contributed by atoms with E-state index in [-0.39, 0.29) is 23.9 Å². The van der Waals surface area contributed by atoms with Crippen LogP contribution in [-0.2, 0) is 11.2 Å². The molecule has 1 aromatic heterocycles. The van der Waals surface area contributed by atoms with E-state index in [4.69, 9.17) is 21.9 Å². The van der Waals surface area contributed by atoms with Gasteiger partial charge in [0.25, 0.3) is 0 Å². The number of halogens is 2. The molecular weight excluding hydrogens is 363 g/mol. The van der Waals surface area contributed by atoms with Gasteiger partial charge in [-0.15, -0.1) is 12.4 Å². The maximum absolute atomic E-state index is 12.2. The minimum Gasteiger partial charge on any atom is -0.349 e. The lowest BCUT2D eigenvalue weighted by Gasteiger charge is -2.29. The number of carbonyl (C=O) groups is 1. The van der Waals surface area contributed by atoms with Gasteiger partial charge in [0.05, 0.1) is 5.54 Å². The second-order valence-electron chi connectivity index (χ2n) is 6.46. The fourth-order valence-electron chi connectivity index (χ4n) is 2.71. The van der Waals surface area contributed by atoms with Gasteiger partial charge in [-0.3, -0.25) is 4.79 Å². The Bertz CT molecular complexity index is 716. The summed E-state index contributed by atoms with van der Waals surface area (Å²) in [6.07, 6.45) is 2.95. The van der Waals surface area contributed by atoms with Crippen LogP contribution >= 0.6 is 24.0 Å². The Balaban J connectivity index is 0.00000225. The normalized spacial score (nSPS) is 16.0. The summed E-state index contributed by atoms with van der Waals surface area (Å²) in [6, 6.07) is 7.19. The van der Waals surface area contributed by atoms with Crippen LogP contribution in [0.3, 0.4) is 0 Å². The summed E-state index contributed by atoms with van der Waals surface area (Å²) in [5, 5.41) is 7.64. The van der Waals surface area contributed by atoms with Gasteiger partial charge in [-0.2, -0.15) is 4.98 Å². The number of amides is 1. The largest absolute Gasteiger partial charge is 0.349 e. The van der Waals surface area contributed by atoms with E-state index < -0.39 is 0 Å². The molecule has 8 heteroatoms. The molecule has 3 N–H and O–H groups in total. The van der Waals surface area contributed by atoms with E-state index in [1.165, 1.54) is 0 Å². The van der Waals surface area contributed by atoms with Crippen molar-refractivity contribution in [1.29, 1.82) is 0 Å². The number of carbonyl (C=O) groups excluding carboxylic acids is 1. The highest BCUT2D eigenvalue weighted by Gasteiger charge is 2.41. The number of hydrogen-bond donors (Lipinski definition) is 2. The molecule has 136 valence electrons. The lowest BCUT2D eigenvalue weighted by atomic mass is 9.95. The lowest BCUT2D eigenvalue weighted by Crippen LogP contribution is -2.53. The molecule has 1 unspecified atom stereocenters. The quantitative estimate of drug-likeness (QED) is 0.764. The maximum atomic E-state index is 12.2. The summed E-state index contributed by atoms with van der Waals surface area (Å²) in [7, 11) is 0. The number of nitrogens with two attached hydrogens (primary N) is 1. The minimum absolute atomic E-state index is 0. The molecule has 0 saturated heterocycles. The maximum Gasteiger partial charge on any atom is 0.227 e. The van der Waals surface area contributed by atoms with Crippen LogP contribution in [0.4, 0.5) is 0 Å². The van der Waals surface area contributed by atoms with Crippen molar-refractivity contribution >= 4 is 29.9 Å². The Hall–Kier alpha value is -1.63. The van der Waals surface area contributed by atoms with Gasteiger partial charge in [0.15, 0.2) is 0 Å². The molecule has 1 aromatic carbocycles. The monoisotopic (exact) mass is 384 g/mol. The van der Waals surface area contributed by atoms with Gasteiger partial charge in [0.1, 0.15) is 0 Å². The highest BCUT2D eigenvalue weighted by Crippen LogP contribution is 2.39. The number of benzene rings is 1. The van der Waals surface area contributed by atoms with Gasteiger partial charge < -0.3 is 15.6 Å². The number of nitrogens with one attached hydrogen (secondary N) is 1. The van der Waals surface area contributed by atoms with E-state index in [1.807, 2.05) is 19.1 Å². The molecule has 1 atom stereocenters. The zero-order valence-electron chi connectivity index (χ0n) is 14.0. The Labute approximate surface area is 157 Å². The van der Waals surface area contributed by atoms with Crippen molar-refractivity contribution in [3.05, 3.63) is 35.2 Å². The highest BCUT2D eigenvalue weighted by atomic mass is 35.5. The number of rotatable bonds is 7. The topological polar surface area (TPSA) is 94.0 Å². The van der Waals surface area contributed by atoms with Gasteiger partial charge in [-0.25, -0.2) is 0 Å². The molecular formula is C17H22Cl2N4O2. The van der Waals surface area contributed by atoms with Gasteiger partial charge >= 0.3 is 0 Å². The van der Waals surface area contributed by atoms with Crippen molar-refractivity contribution in [2.24, 2.45) is 11.7 Å². The molecule has 1 saturated carbocycles. The Morgan fingerprint density at radius 2 is 2.08 bits per heavy atom. The van der Waals surface area contributed by atoms with Crippen LogP contribution in [0.15, 0.2) is 28.8 Å². The molecule has 1 heterocycles. The van der Waals surface area contributed by atoms with E-state index in [9.17, 15) is 4.79 Å². The zero-order chi connectivity index (χ0) is 17.2. The number of aromatic nitrogens is 2. The average molecular weight is 385 g/mol. The van der Waals surface area contributed by atoms with Gasteiger partial charge in [-0.05, 0) is 49.9 Å². The summed E-state index contributed by atoms with van der Waals surface area (Å²) in [6.45, 7) is 2.46. The fraction of sp³-hybridized carbons (Fsp3) is 0.471. The van der Waals surface area contributed by atoms with Crippen molar-refractivity contribution in [1.82, 2.24) is 15.5 Å². The van der Waals surface area contributed by atoms with Crippen LogP contribution in [0.25, 0.3) is 11.4 Å². The van der Waals surface area contributed by atoms with Gasteiger partial charge in [0, 0.05) is 30.0 Å². The number of nitrogens with zero attached hydrogens (tertiary/aromatic N) is 2. The van der Waals surface area contributed by atoms with Crippen LogP contribution in [0, 0.1) is 5.92 Å².